The molecule has 0 saturated heterocycles. The van der Waals surface area contributed by atoms with E-state index in [4.69, 9.17) is 10.9 Å². The lowest BCUT2D eigenvalue weighted by Gasteiger charge is -2.13. The highest BCUT2D eigenvalue weighted by Gasteiger charge is 2.18. The van der Waals surface area contributed by atoms with Gasteiger partial charge in [-0.05, 0) is 19.1 Å². The standard InChI is InChI=1S/C11H15N3O5S/c1-8-2-4-9(5-3-8)20(18,19)13-6-11(16)14(17)7-10(12)15/h2-5,13,17H,6-7H2,1H3,(H2,12,15). The minimum absolute atomic E-state index is 0.00436. The van der Waals surface area contributed by atoms with Crippen LogP contribution in [0.15, 0.2) is 29.2 Å². The Kier molecular flexibility index (Phi) is 5.19. The van der Waals surface area contributed by atoms with Crippen molar-refractivity contribution in [2.24, 2.45) is 5.73 Å². The van der Waals surface area contributed by atoms with Crippen molar-refractivity contribution >= 4 is 21.8 Å². The molecule has 0 unspecified atom stereocenters. The van der Waals surface area contributed by atoms with Gasteiger partial charge in [0, 0.05) is 0 Å². The number of benzene rings is 1. The normalized spacial score (nSPS) is 11.1. The maximum Gasteiger partial charge on any atom is 0.261 e. The molecule has 110 valence electrons. The average molecular weight is 301 g/mol. The summed E-state index contributed by atoms with van der Waals surface area (Å²) >= 11 is 0. The van der Waals surface area contributed by atoms with E-state index in [0.29, 0.717) is 0 Å². The maximum atomic E-state index is 11.8. The third-order valence-electron chi connectivity index (χ3n) is 2.34. The lowest BCUT2D eigenvalue weighted by Crippen LogP contribution is -2.42. The van der Waals surface area contributed by atoms with E-state index in [1.807, 2.05) is 4.72 Å². The zero-order chi connectivity index (χ0) is 15.3. The summed E-state index contributed by atoms with van der Waals surface area (Å²) in [5.41, 5.74) is 5.68. The number of nitrogens with two attached hydrogens (primary N) is 1. The van der Waals surface area contributed by atoms with E-state index in [2.05, 4.69) is 0 Å². The Balaban J connectivity index is 2.66. The molecule has 1 rings (SSSR count). The number of nitrogens with one attached hydrogen (secondary N) is 1. The Morgan fingerprint density at radius 2 is 1.85 bits per heavy atom. The first kappa shape index (κ1) is 16.1. The Labute approximate surface area is 116 Å². The van der Waals surface area contributed by atoms with Crippen molar-refractivity contribution in [3.05, 3.63) is 29.8 Å². The van der Waals surface area contributed by atoms with Crippen molar-refractivity contribution in [1.29, 1.82) is 0 Å². The minimum atomic E-state index is -3.86. The van der Waals surface area contributed by atoms with Crippen LogP contribution in [0.3, 0.4) is 0 Å². The number of amides is 2. The van der Waals surface area contributed by atoms with Gasteiger partial charge < -0.3 is 5.73 Å². The van der Waals surface area contributed by atoms with Gasteiger partial charge in [-0.3, -0.25) is 14.8 Å². The lowest BCUT2D eigenvalue weighted by atomic mass is 10.2. The lowest BCUT2D eigenvalue weighted by molar-refractivity contribution is -0.166. The molecule has 0 fully saturated rings. The zero-order valence-electron chi connectivity index (χ0n) is 10.7. The average Bonchev–Trinajstić information content (AvgIpc) is 2.35. The molecule has 0 heterocycles. The Bertz CT molecular complexity index is 597. The van der Waals surface area contributed by atoms with Crippen molar-refractivity contribution < 1.29 is 23.2 Å². The molecule has 4 N–H and O–H groups in total. The Hall–Kier alpha value is -1.97. The van der Waals surface area contributed by atoms with Crippen molar-refractivity contribution in [3.63, 3.8) is 0 Å². The van der Waals surface area contributed by atoms with E-state index in [1.165, 1.54) is 12.1 Å². The van der Waals surface area contributed by atoms with Crippen LogP contribution in [0, 0.1) is 6.92 Å². The van der Waals surface area contributed by atoms with Crippen LogP contribution in [0.1, 0.15) is 5.56 Å². The fourth-order valence-corrected chi connectivity index (χ4v) is 2.26. The highest BCUT2D eigenvalue weighted by molar-refractivity contribution is 7.89. The fourth-order valence-electron chi connectivity index (χ4n) is 1.28. The highest BCUT2D eigenvalue weighted by atomic mass is 32.2. The number of hydrogen-bond donors (Lipinski definition) is 3. The van der Waals surface area contributed by atoms with Crippen LogP contribution >= 0.6 is 0 Å². The van der Waals surface area contributed by atoms with Gasteiger partial charge in [0.05, 0.1) is 11.4 Å². The number of carbonyl (C=O) groups is 2. The molecular weight excluding hydrogens is 286 g/mol. The Morgan fingerprint density at radius 1 is 1.30 bits per heavy atom. The van der Waals surface area contributed by atoms with E-state index < -0.39 is 34.9 Å². The molecule has 0 saturated carbocycles. The van der Waals surface area contributed by atoms with Gasteiger partial charge in [-0.15, -0.1) is 0 Å². The van der Waals surface area contributed by atoms with E-state index >= 15 is 0 Å². The first-order chi connectivity index (χ1) is 9.22. The molecule has 0 aliphatic rings. The third-order valence-corrected chi connectivity index (χ3v) is 3.76. The number of hydroxylamine groups is 2. The van der Waals surface area contributed by atoms with Crippen LogP contribution in [-0.2, 0) is 19.6 Å². The summed E-state index contributed by atoms with van der Waals surface area (Å²) < 4.78 is 25.7. The SMILES string of the molecule is Cc1ccc(S(=O)(=O)NCC(=O)N(O)CC(N)=O)cc1. The van der Waals surface area contributed by atoms with Crippen LogP contribution < -0.4 is 10.5 Å². The maximum absolute atomic E-state index is 11.8. The van der Waals surface area contributed by atoms with Gasteiger partial charge in [-0.25, -0.2) is 18.2 Å². The summed E-state index contributed by atoms with van der Waals surface area (Å²) in [6.45, 7) is 0.423. The van der Waals surface area contributed by atoms with Gasteiger partial charge in [0.15, 0.2) is 0 Å². The predicted molar refractivity (Wildman–Crippen MR) is 69.1 cm³/mol. The second-order valence-corrected chi connectivity index (χ2v) is 5.82. The molecule has 2 amide bonds. The minimum Gasteiger partial charge on any atom is -0.368 e. The van der Waals surface area contributed by atoms with Crippen LogP contribution in [-0.4, -0.2) is 43.6 Å². The number of aryl methyl sites for hydroxylation is 1. The molecule has 0 bridgehead atoms. The molecule has 0 aliphatic carbocycles. The number of primary amides is 1. The van der Waals surface area contributed by atoms with Gasteiger partial charge in [0.2, 0.25) is 15.9 Å². The molecular formula is C11H15N3O5S. The number of hydrogen-bond acceptors (Lipinski definition) is 5. The summed E-state index contributed by atoms with van der Waals surface area (Å²) in [6, 6.07) is 6.01. The van der Waals surface area contributed by atoms with Gasteiger partial charge >= 0.3 is 0 Å². The summed E-state index contributed by atoms with van der Waals surface area (Å²) in [5.74, 6) is -1.90. The first-order valence-electron chi connectivity index (χ1n) is 5.56. The number of nitrogens with zero attached hydrogens (tertiary/aromatic N) is 1. The van der Waals surface area contributed by atoms with Crippen molar-refractivity contribution in [2.75, 3.05) is 13.1 Å². The van der Waals surface area contributed by atoms with Crippen molar-refractivity contribution in [3.8, 4) is 0 Å². The Morgan fingerprint density at radius 3 is 2.35 bits per heavy atom. The van der Waals surface area contributed by atoms with E-state index in [0.717, 1.165) is 5.56 Å². The third kappa shape index (κ3) is 4.61. The summed E-state index contributed by atoms with van der Waals surface area (Å²) in [4.78, 5) is 21.8. The second kappa shape index (κ2) is 6.46. The quantitative estimate of drug-likeness (QED) is 0.457. The molecule has 9 heteroatoms. The van der Waals surface area contributed by atoms with E-state index in [1.54, 1.807) is 19.1 Å². The first-order valence-corrected chi connectivity index (χ1v) is 7.04. The topological polar surface area (TPSA) is 130 Å². The molecule has 20 heavy (non-hydrogen) atoms. The molecule has 0 atom stereocenters. The summed E-state index contributed by atoms with van der Waals surface area (Å²) in [5, 5.41) is 9.20. The molecule has 0 radical (unpaired) electrons. The number of carbonyl (C=O) groups excluding carboxylic acids is 2. The monoisotopic (exact) mass is 301 g/mol. The van der Waals surface area contributed by atoms with Gasteiger partial charge in [0.25, 0.3) is 5.91 Å². The van der Waals surface area contributed by atoms with Crippen molar-refractivity contribution in [2.45, 2.75) is 11.8 Å². The van der Waals surface area contributed by atoms with E-state index in [9.17, 15) is 18.0 Å². The number of sulfonamides is 1. The highest BCUT2D eigenvalue weighted by Crippen LogP contribution is 2.09. The van der Waals surface area contributed by atoms with E-state index in [-0.39, 0.29) is 9.96 Å². The smallest absolute Gasteiger partial charge is 0.261 e. The summed E-state index contributed by atoms with van der Waals surface area (Å²) in [7, 11) is -3.86. The largest absolute Gasteiger partial charge is 0.368 e. The molecule has 0 aliphatic heterocycles. The second-order valence-electron chi connectivity index (χ2n) is 4.06. The molecule has 8 nitrogen and oxygen atoms in total. The van der Waals surface area contributed by atoms with Crippen molar-refractivity contribution in [1.82, 2.24) is 9.79 Å². The fraction of sp³-hybridized carbons (Fsp3) is 0.273. The van der Waals surface area contributed by atoms with Crippen LogP contribution in [0.25, 0.3) is 0 Å². The number of rotatable bonds is 6. The summed E-state index contributed by atoms with van der Waals surface area (Å²) in [6.07, 6.45) is 0. The van der Waals surface area contributed by atoms with Gasteiger partial charge in [-0.1, -0.05) is 17.7 Å². The zero-order valence-corrected chi connectivity index (χ0v) is 11.6. The predicted octanol–water partition coefficient (Wildman–Crippen LogP) is -1.02. The van der Waals surface area contributed by atoms with Crippen LogP contribution in [0.2, 0.25) is 0 Å². The molecule has 0 spiro atoms. The molecule has 1 aromatic carbocycles. The van der Waals surface area contributed by atoms with Crippen LogP contribution in [0.4, 0.5) is 0 Å². The molecule has 1 aromatic rings. The molecule has 0 aromatic heterocycles. The van der Waals surface area contributed by atoms with Gasteiger partial charge in [0.1, 0.15) is 6.54 Å². The van der Waals surface area contributed by atoms with Crippen LogP contribution in [0.5, 0.6) is 0 Å². The van der Waals surface area contributed by atoms with Gasteiger partial charge in [-0.2, -0.15) is 0 Å².